The van der Waals surface area contributed by atoms with Crippen LogP contribution in [0.5, 0.6) is 0 Å². The first-order valence-corrected chi connectivity index (χ1v) is 9.63. The minimum absolute atomic E-state index is 0.0115. The first kappa shape index (κ1) is 20.4. The van der Waals surface area contributed by atoms with Crippen molar-refractivity contribution in [2.75, 3.05) is 6.54 Å². The monoisotopic (exact) mass is 399 g/mol. The highest BCUT2D eigenvalue weighted by Gasteiger charge is 2.37. The standard InChI is InChI=1S/C20H21N3O6/c1-2-3-4-5-6-7-12-21-19(24)13-8-10-15(22(26)27)18-16(23(28)29)11-9-14(17(13)18)20(21)25/h8-11H,2-7,12H2,1H3. The Morgan fingerprint density at radius 1 is 0.759 bits per heavy atom. The van der Waals surface area contributed by atoms with Crippen LogP contribution in [0.1, 0.15) is 66.2 Å². The van der Waals surface area contributed by atoms with Crippen molar-refractivity contribution in [2.45, 2.75) is 45.4 Å². The lowest BCUT2D eigenvalue weighted by Gasteiger charge is -2.27. The molecule has 3 rings (SSSR count). The highest BCUT2D eigenvalue weighted by Crippen LogP contribution is 2.40. The third-order valence-corrected chi connectivity index (χ3v) is 5.20. The number of amides is 2. The summed E-state index contributed by atoms with van der Waals surface area (Å²) < 4.78 is 0. The van der Waals surface area contributed by atoms with Crippen LogP contribution in [0.25, 0.3) is 10.8 Å². The molecular formula is C20H21N3O6. The summed E-state index contributed by atoms with van der Waals surface area (Å²) in [5.74, 6) is -1.15. The van der Waals surface area contributed by atoms with E-state index in [0.717, 1.165) is 49.1 Å². The summed E-state index contributed by atoms with van der Waals surface area (Å²) in [5, 5.41) is 22.5. The predicted molar refractivity (Wildman–Crippen MR) is 106 cm³/mol. The highest BCUT2D eigenvalue weighted by atomic mass is 16.6. The fraction of sp³-hybridized carbons (Fsp3) is 0.400. The predicted octanol–water partition coefficient (Wildman–Crippen LogP) is 4.61. The van der Waals surface area contributed by atoms with Crippen molar-refractivity contribution in [3.8, 4) is 0 Å². The molecule has 1 aliphatic heterocycles. The van der Waals surface area contributed by atoms with Gasteiger partial charge in [-0.25, -0.2) is 0 Å². The van der Waals surface area contributed by atoms with Crippen LogP contribution in [0.15, 0.2) is 24.3 Å². The van der Waals surface area contributed by atoms with Gasteiger partial charge in [0.2, 0.25) is 0 Å². The van der Waals surface area contributed by atoms with Gasteiger partial charge in [0, 0.05) is 35.2 Å². The van der Waals surface area contributed by atoms with Crippen LogP contribution in [-0.4, -0.2) is 33.1 Å². The van der Waals surface area contributed by atoms with E-state index in [0.29, 0.717) is 6.42 Å². The minimum Gasteiger partial charge on any atom is -0.274 e. The van der Waals surface area contributed by atoms with Gasteiger partial charge in [0.05, 0.1) is 9.85 Å². The number of carbonyl (C=O) groups excluding carboxylic acids is 2. The van der Waals surface area contributed by atoms with E-state index in [1.165, 1.54) is 12.1 Å². The zero-order valence-electron chi connectivity index (χ0n) is 16.1. The first-order valence-electron chi connectivity index (χ1n) is 9.63. The third-order valence-electron chi connectivity index (χ3n) is 5.20. The van der Waals surface area contributed by atoms with Gasteiger partial charge in [-0.3, -0.25) is 34.7 Å². The fourth-order valence-electron chi connectivity index (χ4n) is 3.76. The Morgan fingerprint density at radius 2 is 1.24 bits per heavy atom. The topological polar surface area (TPSA) is 124 Å². The van der Waals surface area contributed by atoms with Gasteiger partial charge in [0.15, 0.2) is 0 Å². The van der Waals surface area contributed by atoms with Crippen molar-refractivity contribution in [3.05, 3.63) is 55.6 Å². The maximum absolute atomic E-state index is 12.9. The molecule has 1 aliphatic rings. The summed E-state index contributed by atoms with van der Waals surface area (Å²) in [4.78, 5) is 48.3. The lowest BCUT2D eigenvalue weighted by Crippen LogP contribution is -2.41. The molecule has 0 spiro atoms. The van der Waals surface area contributed by atoms with E-state index in [-0.39, 0.29) is 28.4 Å². The number of nitrogens with zero attached hydrogens (tertiary/aromatic N) is 3. The molecule has 0 aliphatic carbocycles. The quantitative estimate of drug-likeness (QED) is 0.262. The maximum atomic E-state index is 12.9. The van der Waals surface area contributed by atoms with E-state index in [4.69, 9.17) is 0 Å². The van der Waals surface area contributed by atoms with E-state index in [1.807, 2.05) is 0 Å². The van der Waals surface area contributed by atoms with Gasteiger partial charge in [-0.15, -0.1) is 0 Å². The zero-order valence-corrected chi connectivity index (χ0v) is 16.1. The van der Waals surface area contributed by atoms with Gasteiger partial charge in [0.25, 0.3) is 23.2 Å². The second-order valence-corrected chi connectivity index (χ2v) is 7.06. The van der Waals surface area contributed by atoms with Crippen molar-refractivity contribution in [1.82, 2.24) is 4.90 Å². The zero-order chi connectivity index (χ0) is 21.1. The largest absolute Gasteiger partial charge is 0.284 e. The van der Waals surface area contributed by atoms with Crippen LogP contribution in [0.3, 0.4) is 0 Å². The SMILES string of the molecule is CCCCCCCCN1C(=O)c2ccc([N+](=O)[O-])c3c([N+](=O)[O-])ccc(c23)C1=O. The van der Waals surface area contributed by atoms with E-state index < -0.39 is 33.0 Å². The molecule has 0 N–H and O–H groups in total. The van der Waals surface area contributed by atoms with E-state index in [1.54, 1.807) is 0 Å². The van der Waals surface area contributed by atoms with Crippen LogP contribution in [0.2, 0.25) is 0 Å². The molecule has 152 valence electrons. The molecule has 9 nitrogen and oxygen atoms in total. The Hall–Kier alpha value is -3.36. The minimum atomic E-state index is -0.743. The van der Waals surface area contributed by atoms with Gasteiger partial charge < -0.3 is 0 Å². The molecule has 29 heavy (non-hydrogen) atoms. The number of hydrogen-bond acceptors (Lipinski definition) is 6. The van der Waals surface area contributed by atoms with Gasteiger partial charge in [-0.05, 0) is 18.6 Å². The maximum Gasteiger partial charge on any atom is 0.284 e. The van der Waals surface area contributed by atoms with E-state index in [9.17, 15) is 29.8 Å². The van der Waals surface area contributed by atoms with Crippen LogP contribution in [-0.2, 0) is 0 Å². The highest BCUT2D eigenvalue weighted by molar-refractivity contribution is 6.27. The summed E-state index contributed by atoms with van der Waals surface area (Å²) in [5.41, 5.74) is -0.839. The molecule has 1 heterocycles. The number of rotatable bonds is 9. The van der Waals surface area contributed by atoms with Crippen LogP contribution in [0, 0.1) is 20.2 Å². The summed E-state index contributed by atoms with van der Waals surface area (Å²) in [7, 11) is 0. The number of benzene rings is 2. The molecule has 0 radical (unpaired) electrons. The van der Waals surface area contributed by atoms with Crippen molar-refractivity contribution < 1.29 is 19.4 Å². The molecule has 2 amide bonds. The molecule has 0 fully saturated rings. The normalized spacial score (nSPS) is 13.2. The summed E-state index contributed by atoms with van der Waals surface area (Å²) in [6, 6.07) is 4.73. The number of non-ortho nitro benzene ring substituents is 2. The Labute approximate surface area is 166 Å². The molecule has 0 unspecified atom stereocenters. The molecule has 0 saturated carbocycles. The summed E-state index contributed by atoms with van der Waals surface area (Å²) >= 11 is 0. The summed E-state index contributed by atoms with van der Waals surface area (Å²) in [6.45, 7) is 2.37. The lowest BCUT2D eigenvalue weighted by molar-refractivity contribution is -0.390. The van der Waals surface area contributed by atoms with Gasteiger partial charge in [-0.2, -0.15) is 0 Å². The van der Waals surface area contributed by atoms with Crippen LogP contribution in [0.4, 0.5) is 11.4 Å². The number of carbonyl (C=O) groups is 2. The smallest absolute Gasteiger partial charge is 0.274 e. The molecule has 0 saturated heterocycles. The second-order valence-electron chi connectivity index (χ2n) is 7.06. The van der Waals surface area contributed by atoms with Gasteiger partial charge in [-0.1, -0.05) is 39.0 Å². The summed E-state index contributed by atoms with van der Waals surface area (Å²) in [6.07, 6.45) is 5.96. The molecule has 9 heteroatoms. The average Bonchev–Trinajstić information content (AvgIpc) is 2.69. The molecular weight excluding hydrogens is 378 g/mol. The van der Waals surface area contributed by atoms with Crippen LogP contribution < -0.4 is 0 Å². The average molecular weight is 399 g/mol. The van der Waals surface area contributed by atoms with Gasteiger partial charge in [0.1, 0.15) is 5.39 Å². The molecule has 0 bridgehead atoms. The number of nitro benzene ring substituents is 2. The molecule has 0 aromatic heterocycles. The number of nitro groups is 2. The van der Waals surface area contributed by atoms with Crippen molar-refractivity contribution in [3.63, 3.8) is 0 Å². The molecule has 0 atom stereocenters. The van der Waals surface area contributed by atoms with Crippen molar-refractivity contribution >= 4 is 34.0 Å². The molecule has 2 aromatic carbocycles. The first-order chi connectivity index (χ1) is 13.9. The van der Waals surface area contributed by atoms with Crippen LogP contribution >= 0.6 is 0 Å². The Bertz CT molecular complexity index is 948. The second kappa shape index (κ2) is 8.34. The number of imide groups is 1. The van der Waals surface area contributed by atoms with E-state index >= 15 is 0 Å². The Morgan fingerprint density at radius 3 is 1.72 bits per heavy atom. The number of unbranched alkanes of at least 4 members (excludes halogenated alkanes) is 5. The van der Waals surface area contributed by atoms with Crippen molar-refractivity contribution in [1.29, 1.82) is 0 Å². The van der Waals surface area contributed by atoms with Gasteiger partial charge >= 0.3 is 0 Å². The Balaban J connectivity index is 1.99. The lowest BCUT2D eigenvalue weighted by atomic mass is 9.92. The van der Waals surface area contributed by atoms with Crippen molar-refractivity contribution in [2.24, 2.45) is 0 Å². The molecule has 2 aromatic rings. The Kier molecular flexibility index (Phi) is 5.86. The number of hydrogen-bond donors (Lipinski definition) is 0. The third kappa shape index (κ3) is 3.67. The fourth-order valence-corrected chi connectivity index (χ4v) is 3.76. The van der Waals surface area contributed by atoms with E-state index in [2.05, 4.69) is 6.92 Å².